The van der Waals surface area contributed by atoms with Crippen LogP contribution in [0.3, 0.4) is 0 Å². The van der Waals surface area contributed by atoms with Crippen molar-refractivity contribution < 1.29 is 4.79 Å². The van der Waals surface area contributed by atoms with E-state index < -0.39 is 5.91 Å². The molecule has 1 amide bonds. The van der Waals surface area contributed by atoms with E-state index in [1.54, 1.807) is 22.9 Å². The SMILES string of the molecule is NNC(=O)c1cc(-c2ccccc2)n(Cc2ccc(Cl)cc2Cl)n1. The fourth-order valence-corrected chi connectivity index (χ4v) is 2.84. The van der Waals surface area contributed by atoms with Crippen LogP contribution in [0.1, 0.15) is 16.1 Å². The number of benzene rings is 2. The van der Waals surface area contributed by atoms with Gasteiger partial charge in [0, 0.05) is 10.0 Å². The first-order valence-corrected chi connectivity index (χ1v) is 7.92. The Morgan fingerprint density at radius 1 is 1.12 bits per heavy atom. The number of amides is 1. The first-order chi connectivity index (χ1) is 11.6. The van der Waals surface area contributed by atoms with Gasteiger partial charge in [-0.2, -0.15) is 5.10 Å². The predicted octanol–water partition coefficient (Wildman–Crippen LogP) is 3.51. The highest BCUT2D eigenvalue weighted by Gasteiger charge is 2.16. The molecule has 24 heavy (non-hydrogen) atoms. The van der Waals surface area contributed by atoms with Crippen LogP contribution in [-0.2, 0) is 6.54 Å². The average Bonchev–Trinajstić information content (AvgIpc) is 3.01. The highest BCUT2D eigenvalue weighted by molar-refractivity contribution is 6.35. The summed E-state index contributed by atoms with van der Waals surface area (Å²) in [6.07, 6.45) is 0. The van der Waals surface area contributed by atoms with E-state index in [1.807, 2.05) is 36.4 Å². The van der Waals surface area contributed by atoms with Crippen LogP contribution in [0.4, 0.5) is 0 Å². The molecule has 0 saturated carbocycles. The standard InChI is InChI=1S/C17H14Cl2N4O/c18-13-7-6-12(14(19)8-13)10-23-16(11-4-2-1-3-5-11)9-15(22-23)17(24)21-20/h1-9H,10,20H2,(H,21,24). The third-order valence-electron chi connectivity index (χ3n) is 3.55. The van der Waals surface area contributed by atoms with E-state index in [-0.39, 0.29) is 5.69 Å². The molecule has 0 radical (unpaired) electrons. The quantitative estimate of drug-likeness (QED) is 0.424. The zero-order valence-electron chi connectivity index (χ0n) is 12.5. The van der Waals surface area contributed by atoms with Crippen molar-refractivity contribution >= 4 is 29.1 Å². The van der Waals surface area contributed by atoms with Crippen LogP contribution in [0.5, 0.6) is 0 Å². The molecule has 7 heteroatoms. The van der Waals surface area contributed by atoms with Gasteiger partial charge in [-0.25, -0.2) is 5.84 Å². The Morgan fingerprint density at radius 3 is 2.54 bits per heavy atom. The fourth-order valence-electron chi connectivity index (χ4n) is 2.37. The zero-order chi connectivity index (χ0) is 17.1. The molecular weight excluding hydrogens is 347 g/mol. The molecule has 0 aliphatic carbocycles. The molecule has 3 N–H and O–H groups in total. The maximum absolute atomic E-state index is 11.8. The summed E-state index contributed by atoms with van der Waals surface area (Å²) < 4.78 is 1.72. The number of hydrogen-bond acceptors (Lipinski definition) is 3. The van der Waals surface area contributed by atoms with Crippen LogP contribution < -0.4 is 11.3 Å². The molecule has 1 aromatic heterocycles. The van der Waals surface area contributed by atoms with Crippen molar-refractivity contribution in [3.05, 3.63) is 75.9 Å². The molecule has 2 aromatic carbocycles. The normalized spacial score (nSPS) is 10.6. The number of hydrogen-bond donors (Lipinski definition) is 2. The lowest BCUT2D eigenvalue weighted by molar-refractivity contribution is 0.0948. The van der Waals surface area contributed by atoms with Gasteiger partial charge in [-0.05, 0) is 29.3 Å². The Kier molecular flexibility index (Phi) is 4.85. The van der Waals surface area contributed by atoms with Crippen LogP contribution >= 0.6 is 23.2 Å². The minimum Gasteiger partial charge on any atom is -0.289 e. The van der Waals surface area contributed by atoms with Gasteiger partial charge in [0.05, 0.1) is 12.2 Å². The summed E-state index contributed by atoms with van der Waals surface area (Å²) in [6, 6.07) is 16.6. The molecule has 0 fully saturated rings. The van der Waals surface area contributed by atoms with Gasteiger partial charge in [0.25, 0.3) is 5.91 Å². The Labute approximate surface area is 149 Å². The van der Waals surface area contributed by atoms with Crippen molar-refractivity contribution in [3.8, 4) is 11.3 Å². The van der Waals surface area contributed by atoms with E-state index in [4.69, 9.17) is 29.0 Å². The predicted molar refractivity (Wildman–Crippen MR) is 94.9 cm³/mol. The van der Waals surface area contributed by atoms with Gasteiger partial charge >= 0.3 is 0 Å². The molecule has 1 heterocycles. The number of carbonyl (C=O) groups is 1. The van der Waals surface area contributed by atoms with Crippen LogP contribution in [-0.4, -0.2) is 15.7 Å². The fraction of sp³-hybridized carbons (Fsp3) is 0.0588. The van der Waals surface area contributed by atoms with Gasteiger partial charge in [0.1, 0.15) is 0 Å². The Hall–Kier alpha value is -2.34. The Balaban J connectivity index is 2.05. The van der Waals surface area contributed by atoms with E-state index in [0.29, 0.717) is 16.6 Å². The molecule has 0 unspecified atom stereocenters. The maximum atomic E-state index is 11.8. The van der Waals surface area contributed by atoms with Crippen molar-refractivity contribution in [3.63, 3.8) is 0 Å². The van der Waals surface area contributed by atoms with Crippen LogP contribution in [0, 0.1) is 0 Å². The van der Waals surface area contributed by atoms with E-state index in [9.17, 15) is 4.79 Å². The minimum atomic E-state index is -0.451. The molecular formula is C17H14Cl2N4O. The van der Waals surface area contributed by atoms with Gasteiger partial charge in [0.2, 0.25) is 0 Å². The minimum absolute atomic E-state index is 0.237. The maximum Gasteiger partial charge on any atom is 0.285 e. The Bertz CT molecular complexity index is 878. The monoisotopic (exact) mass is 360 g/mol. The largest absolute Gasteiger partial charge is 0.289 e. The second-order valence-electron chi connectivity index (χ2n) is 5.15. The summed E-state index contributed by atoms with van der Waals surface area (Å²) in [5, 5.41) is 5.46. The van der Waals surface area contributed by atoms with Crippen molar-refractivity contribution in [1.82, 2.24) is 15.2 Å². The highest BCUT2D eigenvalue weighted by atomic mass is 35.5. The lowest BCUT2D eigenvalue weighted by Gasteiger charge is -2.09. The van der Waals surface area contributed by atoms with E-state index in [2.05, 4.69) is 10.5 Å². The van der Waals surface area contributed by atoms with Gasteiger partial charge < -0.3 is 0 Å². The van der Waals surface area contributed by atoms with Crippen LogP contribution in [0.2, 0.25) is 10.0 Å². The van der Waals surface area contributed by atoms with E-state index >= 15 is 0 Å². The lowest BCUT2D eigenvalue weighted by atomic mass is 10.1. The number of aromatic nitrogens is 2. The van der Waals surface area contributed by atoms with Gasteiger partial charge in [-0.1, -0.05) is 59.6 Å². The third-order valence-corrected chi connectivity index (χ3v) is 4.14. The number of hydrazine groups is 1. The number of halogens is 2. The number of carbonyl (C=O) groups excluding carboxylic acids is 1. The number of nitrogen functional groups attached to an aromatic ring is 1. The van der Waals surface area contributed by atoms with Gasteiger partial charge in [-0.15, -0.1) is 0 Å². The molecule has 0 spiro atoms. The number of nitrogens with zero attached hydrogens (tertiary/aromatic N) is 2. The lowest BCUT2D eigenvalue weighted by Crippen LogP contribution is -2.30. The van der Waals surface area contributed by atoms with E-state index in [1.165, 1.54) is 0 Å². The van der Waals surface area contributed by atoms with Crippen molar-refractivity contribution in [2.24, 2.45) is 5.84 Å². The zero-order valence-corrected chi connectivity index (χ0v) is 14.1. The summed E-state index contributed by atoms with van der Waals surface area (Å²) in [6.45, 7) is 0.401. The molecule has 122 valence electrons. The first-order valence-electron chi connectivity index (χ1n) is 7.16. The topological polar surface area (TPSA) is 72.9 Å². The van der Waals surface area contributed by atoms with Crippen LogP contribution in [0.15, 0.2) is 54.6 Å². The highest BCUT2D eigenvalue weighted by Crippen LogP contribution is 2.25. The summed E-state index contributed by atoms with van der Waals surface area (Å²) >= 11 is 12.2. The summed E-state index contributed by atoms with van der Waals surface area (Å²) in [5.74, 6) is 4.76. The smallest absolute Gasteiger partial charge is 0.285 e. The number of nitrogens with one attached hydrogen (secondary N) is 1. The van der Waals surface area contributed by atoms with Crippen molar-refractivity contribution in [2.45, 2.75) is 6.54 Å². The molecule has 3 aromatic rings. The van der Waals surface area contributed by atoms with E-state index in [0.717, 1.165) is 16.8 Å². The summed E-state index contributed by atoms with van der Waals surface area (Å²) in [4.78, 5) is 11.8. The average molecular weight is 361 g/mol. The third kappa shape index (κ3) is 3.43. The molecule has 5 nitrogen and oxygen atoms in total. The summed E-state index contributed by atoms with van der Waals surface area (Å²) in [7, 11) is 0. The summed E-state index contributed by atoms with van der Waals surface area (Å²) in [5.41, 5.74) is 4.91. The molecule has 0 aliphatic rings. The van der Waals surface area contributed by atoms with Crippen LogP contribution in [0.25, 0.3) is 11.3 Å². The number of rotatable bonds is 4. The second kappa shape index (κ2) is 7.05. The second-order valence-corrected chi connectivity index (χ2v) is 5.99. The van der Waals surface area contributed by atoms with Crippen molar-refractivity contribution in [1.29, 1.82) is 0 Å². The molecule has 0 aliphatic heterocycles. The first kappa shape index (κ1) is 16.5. The van der Waals surface area contributed by atoms with Gasteiger partial charge in [-0.3, -0.25) is 14.9 Å². The van der Waals surface area contributed by atoms with Crippen molar-refractivity contribution in [2.75, 3.05) is 0 Å². The molecule has 0 bridgehead atoms. The Morgan fingerprint density at radius 2 is 1.88 bits per heavy atom. The number of nitrogens with two attached hydrogens (primary N) is 1. The molecule has 0 saturated heterocycles. The van der Waals surface area contributed by atoms with Gasteiger partial charge in [0.15, 0.2) is 5.69 Å². The molecule has 3 rings (SSSR count). The molecule has 0 atom stereocenters.